The molecule has 0 heterocycles. The predicted octanol–water partition coefficient (Wildman–Crippen LogP) is 2.53. The molecule has 0 amide bonds. The molecule has 0 spiro atoms. The highest BCUT2D eigenvalue weighted by molar-refractivity contribution is 5.47. The summed E-state index contributed by atoms with van der Waals surface area (Å²) in [6, 6.07) is 7.65. The Kier molecular flexibility index (Phi) is 2.73. The van der Waals surface area contributed by atoms with Crippen molar-refractivity contribution in [3.63, 3.8) is 0 Å². The maximum Gasteiger partial charge on any atom is 0.119 e. The number of hydrogen-bond acceptors (Lipinski definition) is 1. The Labute approximate surface area is 67.3 Å². The molecular weight excluding hydrogens is 136 g/mol. The standard InChI is InChI=1S/C10H11O/c1-3-9-5-7-10(8-6-9)11-4-2/h1,3,5-8H,4H2,2H3. The Morgan fingerprint density at radius 2 is 2.00 bits per heavy atom. The van der Waals surface area contributed by atoms with Crippen molar-refractivity contribution in [2.75, 3.05) is 6.61 Å². The molecule has 0 aliphatic heterocycles. The van der Waals surface area contributed by atoms with E-state index in [1.54, 1.807) is 6.08 Å². The van der Waals surface area contributed by atoms with Gasteiger partial charge < -0.3 is 4.74 Å². The van der Waals surface area contributed by atoms with Gasteiger partial charge in [-0.25, -0.2) is 0 Å². The molecule has 0 unspecified atom stereocenters. The average molecular weight is 147 g/mol. The van der Waals surface area contributed by atoms with Crippen molar-refractivity contribution in [2.45, 2.75) is 6.92 Å². The summed E-state index contributed by atoms with van der Waals surface area (Å²) in [5, 5.41) is 0. The van der Waals surface area contributed by atoms with E-state index in [1.165, 1.54) is 0 Å². The van der Waals surface area contributed by atoms with Crippen LogP contribution in [0.4, 0.5) is 0 Å². The Bertz CT molecular complexity index is 223. The van der Waals surface area contributed by atoms with Crippen LogP contribution in [0.15, 0.2) is 24.3 Å². The quantitative estimate of drug-likeness (QED) is 0.638. The number of ether oxygens (including phenoxy) is 1. The molecule has 1 radical (unpaired) electrons. The topological polar surface area (TPSA) is 9.23 Å². The van der Waals surface area contributed by atoms with E-state index in [-0.39, 0.29) is 0 Å². The molecule has 1 heteroatoms. The molecular formula is C10H11O. The van der Waals surface area contributed by atoms with Crippen molar-refractivity contribution < 1.29 is 4.74 Å². The molecule has 0 atom stereocenters. The fourth-order valence-corrected chi connectivity index (χ4v) is 0.842. The predicted molar refractivity (Wildman–Crippen MR) is 46.4 cm³/mol. The summed E-state index contributed by atoms with van der Waals surface area (Å²) in [6.07, 6.45) is 1.57. The van der Waals surface area contributed by atoms with Gasteiger partial charge in [-0.1, -0.05) is 24.8 Å². The number of benzene rings is 1. The van der Waals surface area contributed by atoms with Crippen LogP contribution >= 0.6 is 0 Å². The van der Waals surface area contributed by atoms with Crippen molar-refractivity contribution in [3.05, 3.63) is 36.4 Å². The highest BCUT2D eigenvalue weighted by Gasteiger charge is 1.89. The van der Waals surface area contributed by atoms with Crippen LogP contribution in [0.2, 0.25) is 0 Å². The summed E-state index contributed by atoms with van der Waals surface area (Å²) in [6.45, 7) is 7.97. The van der Waals surface area contributed by atoms with E-state index in [0.717, 1.165) is 11.3 Å². The van der Waals surface area contributed by atoms with Gasteiger partial charge in [0.15, 0.2) is 0 Å². The second kappa shape index (κ2) is 3.81. The lowest BCUT2D eigenvalue weighted by atomic mass is 10.2. The SMILES string of the molecule is [CH]=Cc1ccc(OCC)cc1. The molecule has 1 aromatic rings. The zero-order valence-electron chi connectivity index (χ0n) is 6.58. The molecule has 0 saturated heterocycles. The third-order valence-corrected chi connectivity index (χ3v) is 1.38. The van der Waals surface area contributed by atoms with Crippen molar-refractivity contribution in [3.8, 4) is 5.75 Å². The van der Waals surface area contributed by atoms with Gasteiger partial charge in [-0.3, -0.25) is 0 Å². The van der Waals surface area contributed by atoms with Gasteiger partial charge >= 0.3 is 0 Å². The molecule has 1 nitrogen and oxygen atoms in total. The summed E-state index contributed by atoms with van der Waals surface area (Å²) < 4.78 is 5.25. The fraction of sp³-hybridized carbons (Fsp3) is 0.200. The molecule has 11 heavy (non-hydrogen) atoms. The first-order valence-corrected chi connectivity index (χ1v) is 3.64. The molecule has 1 aromatic carbocycles. The Morgan fingerprint density at radius 3 is 2.45 bits per heavy atom. The van der Waals surface area contributed by atoms with Gasteiger partial charge in [-0.15, -0.1) is 0 Å². The van der Waals surface area contributed by atoms with Gasteiger partial charge in [0.2, 0.25) is 0 Å². The lowest BCUT2D eigenvalue weighted by molar-refractivity contribution is 0.340. The molecule has 0 aromatic heterocycles. The molecule has 57 valence electrons. The second-order valence-corrected chi connectivity index (χ2v) is 2.17. The van der Waals surface area contributed by atoms with Crippen LogP contribution in [0, 0.1) is 6.58 Å². The molecule has 0 fully saturated rings. The summed E-state index contributed by atoms with van der Waals surface area (Å²) in [4.78, 5) is 0. The molecule has 0 saturated carbocycles. The van der Waals surface area contributed by atoms with Crippen LogP contribution < -0.4 is 4.74 Å². The van der Waals surface area contributed by atoms with Crippen LogP contribution in [0.25, 0.3) is 6.08 Å². The Hall–Kier alpha value is -1.24. The van der Waals surface area contributed by atoms with Crippen LogP contribution in [-0.4, -0.2) is 6.61 Å². The smallest absolute Gasteiger partial charge is 0.119 e. The summed E-state index contributed by atoms with van der Waals surface area (Å²) >= 11 is 0. The van der Waals surface area contributed by atoms with Crippen LogP contribution in [0.3, 0.4) is 0 Å². The second-order valence-electron chi connectivity index (χ2n) is 2.17. The molecule has 0 aliphatic rings. The minimum atomic E-state index is 0.700. The van der Waals surface area contributed by atoms with Gasteiger partial charge in [0, 0.05) is 0 Å². The summed E-state index contributed by atoms with van der Waals surface area (Å²) in [7, 11) is 0. The number of hydrogen-bond donors (Lipinski definition) is 0. The van der Waals surface area contributed by atoms with Gasteiger partial charge in [0.1, 0.15) is 5.75 Å². The van der Waals surface area contributed by atoms with Crippen LogP contribution in [0.5, 0.6) is 5.75 Å². The van der Waals surface area contributed by atoms with E-state index in [9.17, 15) is 0 Å². The molecule has 0 bridgehead atoms. The van der Waals surface area contributed by atoms with E-state index in [0.29, 0.717) is 6.61 Å². The zero-order chi connectivity index (χ0) is 8.10. The molecule has 0 N–H and O–H groups in total. The van der Waals surface area contributed by atoms with Gasteiger partial charge in [0.05, 0.1) is 6.61 Å². The lowest BCUT2D eigenvalue weighted by Crippen LogP contribution is -1.90. The highest BCUT2D eigenvalue weighted by atomic mass is 16.5. The number of rotatable bonds is 3. The Balaban J connectivity index is 2.74. The first-order valence-electron chi connectivity index (χ1n) is 3.64. The first kappa shape index (κ1) is 7.86. The van der Waals surface area contributed by atoms with Crippen LogP contribution in [0.1, 0.15) is 12.5 Å². The van der Waals surface area contributed by atoms with E-state index >= 15 is 0 Å². The van der Waals surface area contributed by atoms with Crippen molar-refractivity contribution >= 4 is 6.08 Å². The average Bonchev–Trinajstić information content (AvgIpc) is 2.07. The van der Waals surface area contributed by atoms with Gasteiger partial charge in [0.25, 0.3) is 0 Å². The van der Waals surface area contributed by atoms with E-state index < -0.39 is 0 Å². The largest absolute Gasteiger partial charge is 0.494 e. The third kappa shape index (κ3) is 2.11. The van der Waals surface area contributed by atoms with E-state index in [1.807, 2.05) is 31.2 Å². The minimum Gasteiger partial charge on any atom is -0.494 e. The van der Waals surface area contributed by atoms with Gasteiger partial charge in [-0.2, -0.15) is 0 Å². The molecule has 0 aliphatic carbocycles. The third-order valence-electron chi connectivity index (χ3n) is 1.38. The van der Waals surface area contributed by atoms with E-state index in [4.69, 9.17) is 11.3 Å². The summed E-state index contributed by atoms with van der Waals surface area (Å²) in [5.74, 6) is 0.887. The maximum absolute atomic E-state index is 5.31. The molecule has 1 rings (SSSR count). The van der Waals surface area contributed by atoms with E-state index in [2.05, 4.69) is 0 Å². The first-order chi connectivity index (χ1) is 5.36. The summed E-state index contributed by atoms with van der Waals surface area (Å²) in [5.41, 5.74) is 1.01. The maximum atomic E-state index is 5.31. The van der Waals surface area contributed by atoms with Crippen LogP contribution in [-0.2, 0) is 0 Å². The van der Waals surface area contributed by atoms with Gasteiger partial charge in [-0.05, 0) is 24.6 Å². The fourth-order valence-electron chi connectivity index (χ4n) is 0.842. The Morgan fingerprint density at radius 1 is 1.36 bits per heavy atom. The van der Waals surface area contributed by atoms with Crippen molar-refractivity contribution in [2.24, 2.45) is 0 Å². The zero-order valence-corrected chi connectivity index (χ0v) is 6.58. The normalized spacial score (nSPS) is 9.18. The van der Waals surface area contributed by atoms with Crippen molar-refractivity contribution in [1.82, 2.24) is 0 Å². The lowest BCUT2D eigenvalue weighted by Gasteiger charge is -2.01. The monoisotopic (exact) mass is 147 g/mol. The highest BCUT2D eigenvalue weighted by Crippen LogP contribution is 2.12. The minimum absolute atomic E-state index is 0.700. The van der Waals surface area contributed by atoms with Crippen molar-refractivity contribution in [1.29, 1.82) is 0 Å².